The molecular weight excluding hydrogens is 270 g/mol. The van der Waals surface area contributed by atoms with Gasteiger partial charge in [-0.25, -0.2) is 0 Å². The number of likely N-dealkylation sites (N-methyl/N-ethyl adjacent to an activating group) is 1. The van der Waals surface area contributed by atoms with Crippen LogP contribution in [0.25, 0.3) is 5.57 Å². The Balaban J connectivity index is 1.90. The average Bonchev–Trinajstić information content (AvgIpc) is 2.58. The van der Waals surface area contributed by atoms with Gasteiger partial charge in [-0.05, 0) is 22.8 Å². The molecule has 0 N–H and O–H groups in total. The maximum absolute atomic E-state index is 5.50. The van der Waals surface area contributed by atoms with Gasteiger partial charge >= 0.3 is 0 Å². The summed E-state index contributed by atoms with van der Waals surface area (Å²) in [6.07, 6.45) is 2.40. The molecule has 22 heavy (non-hydrogen) atoms. The molecule has 0 radical (unpaired) electrons. The first-order chi connectivity index (χ1) is 10.8. The number of hydrogen-bond acceptors (Lipinski definition) is 1. The third-order valence-electron chi connectivity index (χ3n) is 4.46. The number of nitrogens with zero attached hydrogens (tertiary/aromatic N) is 1. The van der Waals surface area contributed by atoms with E-state index in [0.717, 1.165) is 37.3 Å². The fraction of sp³-hybridized carbons (Fsp3) is 0.300. The Morgan fingerprint density at radius 2 is 1.41 bits per heavy atom. The summed E-state index contributed by atoms with van der Waals surface area (Å²) in [7, 11) is 2.33. The SMILES string of the molecule is C[N+]1(CC=C(c2ccccc2)c2ccccc2)CCOCC1. The van der Waals surface area contributed by atoms with Gasteiger partial charge in [0.25, 0.3) is 0 Å². The Kier molecular flexibility index (Phi) is 4.71. The highest BCUT2D eigenvalue weighted by Gasteiger charge is 2.24. The van der Waals surface area contributed by atoms with Gasteiger partial charge in [0.15, 0.2) is 0 Å². The molecule has 0 atom stereocenters. The summed E-state index contributed by atoms with van der Waals surface area (Å²) in [5, 5.41) is 0. The van der Waals surface area contributed by atoms with Crippen LogP contribution in [-0.2, 0) is 4.74 Å². The van der Waals surface area contributed by atoms with E-state index in [4.69, 9.17) is 4.74 Å². The molecule has 1 fully saturated rings. The second-order valence-electron chi connectivity index (χ2n) is 6.21. The van der Waals surface area contributed by atoms with Crippen LogP contribution in [0.4, 0.5) is 0 Å². The van der Waals surface area contributed by atoms with E-state index in [-0.39, 0.29) is 0 Å². The van der Waals surface area contributed by atoms with E-state index in [1.165, 1.54) is 16.7 Å². The van der Waals surface area contributed by atoms with Crippen molar-refractivity contribution < 1.29 is 9.22 Å². The van der Waals surface area contributed by atoms with E-state index < -0.39 is 0 Å². The van der Waals surface area contributed by atoms with Gasteiger partial charge in [-0.1, -0.05) is 60.7 Å². The summed E-state index contributed by atoms with van der Waals surface area (Å²) >= 11 is 0. The van der Waals surface area contributed by atoms with Crippen molar-refractivity contribution in [2.45, 2.75) is 0 Å². The molecule has 2 aromatic rings. The first-order valence-electron chi connectivity index (χ1n) is 7.99. The highest BCUT2D eigenvalue weighted by atomic mass is 16.5. The van der Waals surface area contributed by atoms with Crippen LogP contribution in [0.1, 0.15) is 11.1 Å². The summed E-state index contributed by atoms with van der Waals surface area (Å²) in [6, 6.07) is 21.3. The smallest absolute Gasteiger partial charge is 0.102 e. The molecule has 3 rings (SSSR count). The topological polar surface area (TPSA) is 9.23 Å². The highest BCUT2D eigenvalue weighted by molar-refractivity contribution is 5.79. The first kappa shape index (κ1) is 15.0. The summed E-state index contributed by atoms with van der Waals surface area (Å²) < 4.78 is 6.56. The van der Waals surface area contributed by atoms with Gasteiger partial charge in [-0.15, -0.1) is 0 Å². The monoisotopic (exact) mass is 294 g/mol. The number of morpholine rings is 1. The van der Waals surface area contributed by atoms with Crippen molar-refractivity contribution in [1.29, 1.82) is 0 Å². The van der Waals surface area contributed by atoms with Gasteiger partial charge in [0.05, 0.1) is 26.8 Å². The van der Waals surface area contributed by atoms with Crippen molar-refractivity contribution in [3.05, 3.63) is 77.9 Å². The number of quaternary nitrogens is 1. The predicted octanol–water partition coefficient (Wildman–Crippen LogP) is 3.60. The Labute approximate surface area is 133 Å². The van der Waals surface area contributed by atoms with Crippen LogP contribution < -0.4 is 0 Å². The Hall–Kier alpha value is -1.90. The van der Waals surface area contributed by atoms with Crippen LogP contribution in [0.3, 0.4) is 0 Å². The third kappa shape index (κ3) is 3.65. The second kappa shape index (κ2) is 6.91. The van der Waals surface area contributed by atoms with Crippen molar-refractivity contribution in [2.75, 3.05) is 39.9 Å². The molecule has 0 saturated carbocycles. The molecule has 0 unspecified atom stereocenters. The normalized spacial score (nSPS) is 17.0. The molecule has 1 aliphatic rings. The number of rotatable bonds is 4. The predicted molar refractivity (Wildman–Crippen MR) is 91.6 cm³/mol. The van der Waals surface area contributed by atoms with E-state index in [1.54, 1.807) is 0 Å². The summed E-state index contributed by atoms with van der Waals surface area (Å²) in [5.74, 6) is 0. The molecule has 0 aromatic heterocycles. The Morgan fingerprint density at radius 1 is 0.909 bits per heavy atom. The molecule has 1 saturated heterocycles. The highest BCUT2D eigenvalue weighted by Crippen LogP contribution is 2.24. The van der Waals surface area contributed by atoms with Crippen molar-refractivity contribution in [2.24, 2.45) is 0 Å². The number of ether oxygens (including phenoxy) is 1. The largest absolute Gasteiger partial charge is 0.370 e. The quantitative estimate of drug-likeness (QED) is 0.783. The van der Waals surface area contributed by atoms with Crippen molar-refractivity contribution >= 4 is 5.57 Å². The molecule has 2 heteroatoms. The van der Waals surface area contributed by atoms with Gasteiger partial charge in [0.2, 0.25) is 0 Å². The lowest BCUT2D eigenvalue weighted by atomic mass is 9.97. The minimum absolute atomic E-state index is 0.871. The molecule has 0 bridgehead atoms. The van der Waals surface area contributed by atoms with Crippen molar-refractivity contribution in [3.8, 4) is 0 Å². The fourth-order valence-electron chi connectivity index (χ4n) is 2.92. The van der Waals surface area contributed by atoms with Gasteiger partial charge in [0.1, 0.15) is 13.1 Å². The molecule has 2 nitrogen and oxygen atoms in total. The van der Waals surface area contributed by atoms with Gasteiger partial charge in [-0.3, -0.25) is 0 Å². The first-order valence-corrected chi connectivity index (χ1v) is 7.99. The lowest BCUT2D eigenvalue weighted by Gasteiger charge is -2.36. The molecule has 0 spiro atoms. The number of hydrogen-bond donors (Lipinski definition) is 0. The van der Waals surface area contributed by atoms with E-state index in [0.29, 0.717) is 0 Å². The third-order valence-corrected chi connectivity index (χ3v) is 4.46. The van der Waals surface area contributed by atoms with Crippen LogP contribution in [0.2, 0.25) is 0 Å². The lowest BCUT2D eigenvalue weighted by Crippen LogP contribution is -2.51. The van der Waals surface area contributed by atoms with Crippen LogP contribution in [0, 0.1) is 0 Å². The molecule has 2 aromatic carbocycles. The van der Waals surface area contributed by atoms with Crippen molar-refractivity contribution in [1.82, 2.24) is 0 Å². The van der Waals surface area contributed by atoms with Crippen LogP contribution in [0.15, 0.2) is 66.7 Å². The van der Waals surface area contributed by atoms with Crippen LogP contribution in [-0.4, -0.2) is 44.4 Å². The standard InChI is InChI=1S/C20H24NO/c1-21(14-16-22-17-15-21)13-12-20(18-8-4-2-5-9-18)19-10-6-3-7-11-19/h2-12H,13-17H2,1H3/q+1. The fourth-order valence-corrected chi connectivity index (χ4v) is 2.92. The lowest BCUT2D eigenvalue weighted by molar-refractivity contribution is -0.911. The zero-order valence-corrected chi connectivity index (χ0v) is 13.2. The summed E-state index contributed by atoms with van der Waals surface area (Å²) in [6.45, 7) is 4.97. The van der Waals surface area contributed by atoms with Crippen LogP contribution in [0.5, 0.6) is 0 Å². The molecule has 0 aliphatic carbocycles. The molecule has 1 aliphatic heterocycles. The number of benzene rings is 2. The Morgan fingerprint density at radius 3 is 1.91 bits per heavy atom. The Bertz CT molecular complexity index is 571. The van der Waals surface area contributed by atoms with Gasteiger partial charge < -0.3 is 9.22 Å². The average molecular weight is 294 g/mol. The maximum Gasteiger partial charge on any atom is 0.102 e. The van der Waals surface area contributed by atoms with E-state index >= 15 is 0 Å². The second-order valence-corrected chi connectivity index (χ2v) is 6.21. The van der Waals surface area contributed by atoms with E-state index in [9.17, 15) is 0 Å². The molecule has 0 amide bonds. The minimum atomic E-state index is 0.871. The molecule has 114 valence electrons. The van der Waals surface area contributed by atoms with E-state index in [1.807, 2.05) is 0 Å². The molecule has 1 heterocycles. The van der Waals surface area contributed by atoms with Gasteiger partial charge in [-0.2, -0.15) is 0 Å². The zero-order chi connectivity index (χ0) is 15.3. The van der Waals surface area contributed by atoms with Gasteiger partial charge in [0, 0.05) is 0 Å². The maximum atomic E-state index is 5.50. The summed E-state index contributed by atoms with van der Waals surface area (Å²) in [4.78, 5) is 0. The molecular formula is C20H24NO+. The van der Waals surface area contributed by atoms with E-state index in [2.05, 4.69) is 73.8 Å². The van der Waals surface area contributed by atoms with Crippen LogP contribution >= 0.6 is 0 Å². The zero-order valence-electron chi connectivity index (χ0n) is 13.2. The summed E-state index contributed by atoms with van der Waals surface area (Å²) in [5.41, 5.74) is 3.90. The van der Waals surface area contributed by atoms with Crippen molar-refractivity contribution in [3.63, 3.8) is 0 Å². The minimum Gasteiger partial charge on any atom is -0.370 e.